The number of hydrogen-bond acceptors (Lipinski definition) is 3. The van der Waals surface area contributed by atoms with E-state index in [1.54, 1.807) is 0 Å². The summed E-state index contributed by atoms with van der Waals surface area (Å²) in [7, 11) is 0. The van der Waals surface area contributed by atoms with Crippen LogP contribution < -0.4 is 5.32 Å². The molecular weight excluding hydrogens is 154 g/mol. The van der Waals surface area contributed by atoms with Crippen molar-refractivity contribution >= 4 is 5.78 Å². The summed E-state index contributed by atoms with van der Waals surface area (Å²) in [6.07, 6.45) is 0.963. The zero-order chi connectivity index (χ0) is 9.40. The lowest BCUT2D eigenvalue weighted by Gasteiger charge is -2.06. The zero-order valence-electron chi connectivity index (χ0n) is 8.22. The van der Waals surface area contributed by atoms with Crippen molar-refractivity contribution in [1.29, 1.82) is 0 Å². The minimum atomic E-state index is 0.122. The lowest BCUT2D eigenvalue weighted by atomic mass is 10.3. The fraction of sp³-hybridized carbons (Fsp3) is 0.889. The van der Waals surface area contributed by atoms with Gasteiger partial charge in [0, 0.05) is 12.6 Å². The molecule has 12 heavy (non-hydrogen) atoms. The van der Waals surface area contributed by atoms with E-state index in [1.165, 1.54) is 0 Å². The first kappa shape index (κ1) is 11.6. The van der Waals surface area contributed by atoms with Gasteiger partial charge in [-0.25, -0.2) is 0 Å². The van der Waals surface area contributed by atoms with Crippen molar-refractivity contribution in [2.75, 3.05) is 19.8 Å². The van der Waals surface area contributed by atoms with Crippen molar-refractivity contribution in [3.05, 3.63) is 0 Å². The van der Waals surface area contributed by atoms with Crippen LogP contribution in [0.15, 0.2) is 0 Å². The van der Waals surface area contributed by atoms with E-state index in [0.29, 0.717) is 19.2 Å². The third kappa shape index (κ3) is 7.69. The lowest BCUT2D eigenvalue weighted by molar-refractivity contribution is -0.122. The van der Waals surface area contributed by atoms with E-state index in [9.17, 15) is 4.79 Å². The number of ether oxygens (including phenoxy) is 1. The van der Waals surface area contributed by atoms with E-state index in [-0.39, 0.29) is 12.4 Å². The molecule has 0 atom stereocenters. The summed E-state index contributed by atoms with van der Waals surface area (Å²) < 4.78 is 5.09. The number of Topliss-reactive ketones (excluding diaryl/α,β-unsaturated/α-hetero) is 1. The Morgan fingerprint density at radius 3 is 2.67 bits per heavy atom. The minimum Gasteiger partial charge on any atom is -0.374 e. The van der Waals surface area contributed by atoms with Gasteiger partial charge in [-0.3, -0.25) is 4.79 Å². The van der Waals surface area contributed by atoms with Crippen LogP contribution in [0.3, 0.4) is 0 Å². The van der Waals surface area contributed by atoms with Crippen LogP contribution in [0, 0.1) is 0 Å². The first-order valence-electron chi connectivity index (χ1n) is 4.49. The maximum Gasteiger partial charge on any atom is 0.172 e. The number of nitrogens with one attached hydrogen (secondary N) is 1. The second-order valence-corrected chi connectivity index (χ2v) is 3.13. The van der Waals surface area contributed by atoms with E-state index in [0.717, 1.165) is 6.42 Å². The van der Waals surface area contributed by atoms with Crippen LogP contribution in [0.4, 0.5) is 0 Å². The molecule has 0 aliphatic carbocycles. The van der Waals surface area contributed by atoms with Gasteiger partial charge in [0.25, 0.3) is 0 Å². The van der Waals surface area contributed by atoms with Crippen LogP contribution in [-0.2, 0) is 9.53 Å². The van der Waals surface area contributed by atoms with Crippen LogP contribution in [0.2, 0.25) is 0 Å². The quantitative estimate of drug-likeness (QED) is 0.583. The van der Waals surface area contributed by atoms with Crippen molar-refractivity contribution in [2.24, 2.45) is 0 Å². The molecule has 0 saturated carbocycles. The van der Waals surface area contributed by atoms with Crippen LogP contribution in [0.1, 0.15) is 27.2 Å². The molecule has 0 aliphatic rings. The smallest absolute Gasteiger partial charge is 0.172 e. The molecule has 0 bridgehead atoms. The number of carbonyl (C=O) groups is 1. The van der Waals surface area contributed by atoms with Crippen molar-refractivity contribution in [3.63, 3.8) is 0 Å². The SMILES string of the molecule is CCCOCC(=O)CNC(C)C. The van der Waals surface area contributed by atoms with Gasteiger partial charge in [-0.1, -0.05) is 20.8 Å². The largest absolute Gasteiger partial charge is 0.374 e. The molecule has 72 valence electrons. The predicted molar refractivity (Wildman–Crippen MR) is 49.3 cm³/mol. The molecule has 0 fully saturated rings. The van der Waals surface area contributed by atoms with Gasteiger partial charge in [0.1, 0.15) is 6.61 Å². The number of ketones is 1. The normalized spacial score (nSPS) is 10.7. The third-order valence-electron chi connectivity index (χ3n) is 1.32. The highest BCUT2D eigenvalue weighted by atomic mass is 16.5. The number of carbonyl (C=O) groups excluding carboxylic acids is 1. The molecule has 1 N–H and O–H groups in total. The van der Waals surface area contributed by atoms with Crippen molar-refractivity contribution in [3.8, 4) is 0 Å². The molecule has 0 aromatic heterocycles. The second kappa shape index (κ2) is 7.25. The van der Waals surface area contributed by atoms with Gasteiger partial charge in [0.2, 0.25) is 0 Å². The number of hydrogen-bond donors (Lipinski definition) is 1. The summed E-state index contributed by atoms with van der Waals surface area (Å²) in [4.78, 5) is 11.0. The summed E-state index contributed by atoms with van der Waals surface area (Å²) in [5.74, 6) is 0.122. The molecule has 0 spiro atoms. The molecule has 0 aliphatic heterocycles. The Bertz CT molecular complexity index is 124. The fourth-order valence-electron chi connectivity index (χ4n) is 0.699. The highest BCUT2D eigenvalue weighted by Crippen LogP contribution is 1.82. The van der Waals surface area contributed by atoms with E-state index in [4.69, 9.17) is 4.74 Å². The van der Waals surface area contributed by atoms with Gasteiger partial charge in [0.15, 0.2) is 5.78 Å². The molecular formula is C9H19NO2. The maximum atomic E-state index is 11.0. The fourth-order valence-corrected chi connectivity index (χ4v) is 0.699. The monoisotopic (exact) mass is 173 g/mol. The van der Waals surface area contributed by atoms with Crippen molar-refractivity contribution in [2.45, 2.75) is 33.2 Å². The molecule has 0 unspecified atom stereocenters. The Morgan fingerprint density at radius 1 is 1.50 bits per heavy atom. The van der Waals surface area contributed by atoms with Crippen LogP contribution in [0.5, 0.6) is 0 Å². The Morgan fingerprint density at radius 2 is 2.17 bits per heavy atom. The summed E-state index contributed by atoms with van der Waals surface area (Å²) in [5.41, 5.74) is 0. The predicted octanol–water partition coefficient (Wildman–Crippen LogP) is 0.980. The van der Waals surface area contributed by atoms with E-state index in [2.05, 4.69) is 5.32 Å². The summed E-state index contributed by atoms with van der Waals surface area (Å²) in [6, 6.07) is 0.361. The maximum absolute atomic E-state index is 11.0. The topological polar surface area (TPSA) is 38.3 Å². The average molecular weight is 173 g/mol. The Hall–Kier alpha value is -0.410. The Labute approximate surface area is 74.5 Å². The third-order valence-corrected chi connectivity index (χ3v) is 1.32. The molecule has 0 aromatic rings. The summed E-state index contributed by atoms with van der Waals surface area (Å²) >= 11 is 0. The molecule has 3 nitrogen and oxygen atoms in total. The molecule has 0 amide bonds. The van der Waals surface area contributed by atoms with Gasteiger partial charge < -0.3 is 10.1 Å². The second-order valence-electron chi connectivity index (χ2n) is 3.13. The van der Waals surface area contributed by atoms with Gasteiger partial charge >= 0.3 is 0 Å². The van der Waals surface area contributed by atoms with E-state index < -0.39 is 0 Å². The minimum absolute atomic E-state index is 0.122. The first-order chi connectivity index (χ1) is 5.66. The molecule has 3 heteroatoms. The Kier molecular flexibility index (Phi) is 7.00. The average Bonchev–Trinajstić information content (AvgIpc) is 2.01. The highest BCUT2D eigenvalue weighted by Gasteiger charge is 2.01. The molecule has 0 rings (SSSR count). The van der Waals surface area contributed by atoms with E-state index in [1.807, 2.05) is 20.8 Å². The van der Waals surface area contributed by atoms with Crippen LogP contribution in [-0.4, -0.2) is 31.6 Å². The van der Waals surface area contributed by atoms with Crippen molar-refractivity contribution in [1.82, 2.24) is 5.32 Å². The lowest BCUT2D eigenvalue weighted by Crippen LogP contribution is -2.31. The molecule has 0 radical (unpaired) electrons. The molecule has 0 aromatic carbocycles. The first-order valence-corrected chi connectivity index (χ1v) is 4.49. The Balaban J connectivity index is 3.22. The standard InChI is InChI=1S/C9H19NO2/c1-4-5-12-7-9(11)6-10-8(2)3/h8,10H,4-7H2,1-3H3. The molecule has 0 saturated heterocycles. The van der Waals surface area contributed by atoms with Crippen LogP contribution >= 0.6 is 0 Å². The van der Waals surface area contributed by atoms with Crippen LogP contribution in [0.25, 0.3) is 0 Å². The van der Waals surface area contributed by atoms with Gasteiger partial charge in [-0.15, -0.1) is 0 Å². The van der Waals surface area contributed by atoms with E-state index >= 15 is 0 Å². The molecule has 0 heterocycles. The van der Waals surface area contributed by atoms with Crippen molar-refractivity contribution < 1.29 is 9.53 Å². The van der Waals surface area contributed by atoms with Gasteiger partial charge in [0.05, 0.1) is 6.54 Å². The number of rotatable bonds is 7. The summed E-state index contributed by atoms with van der Waals surface area (Å²) in [5, 5.41) is 3.04. The highest BCUT2D eigenvalue weighted by molar-refractivity contribution is 5.81. The van der Waals surface area contributed by atoms with Gasteiger partial charge in [-0.05, 0) is 6.42 Å². The summed E-state index contributed by atoms with van der Waals surface area (Å²) in [6.45, 7) is 7.39. The zero-order valence-corrected chi connectivity index (χ0v) is 8.22. The van der Waals surface area contributed by atoms with Gasteiger partial charge in [-0.2, -0.15) is 0 Å².